The molecule has 0 heterocycles. The van der Waals surface area contributed by atoms with Gasteiger partial charge in [-0.2, -0.15) is 0 Å². The zero-order chi connectivity index (χ0) is 12.5. The molecule has 0 atom stereocenters. The van der Waals surface area contributed by atoms with Gasteiger partial charge >= 0.3 is 0 Å². The van der Waals surface area contributed by atoms with Crippen LogP contribution in [0.25, 0.3) is 6.08 Å². The third-order valence-corrected chi connectivity index (χ3v) is 2.64. The predicted octanol–water partition coefficient (Wildman–Crippen LogP) is -0.872. The molecule has 7 N–H and O–H groups in total. The van der Waals surface area contributed by atoms with Crippen molar-refractivity contribution >= 4 is 23.0 Å². The maximum Gasteiger partial charge on any atom is 0.300 e. The highest BCUT2D eigenvalue weighted by molar-refractivity contribution is 8.13. The van der Waals surface area contributed by atoms with E-state index < -0.39 is 0 Å². The molecule has 0 aromatic heterocycles. The second-order valence-corrected chi connectivity index (χ2v) is 4.48. The van der Waals surface area contributed by atoms with Gasteiger partial charge in [-0.15, -0.1) is 0 Å². The van der Waals surface area contributed by atoms with Crippen LogP contribution in [0.1, 0.15) is 5.56 Å². The first-order chi connectivity index (χ1) is 8.22. The van der Waals surface area contributed by atoms with Gasteiger partial charge in [0.2, 0.25) is 0 Å². The summed E-state index contributed by atoms with van der Waals surface area (Å²) in [6, 6.07) is 7.92. The van der Waals surface area contributed by atoms with Crippen LogP contribution in [0.4, 0.5) is 0 Å². The Morgan fingerprint density at radius 3 is 2.71 bits per heavy atom. The average Bonchev–Trinajstić information content (AvgIpc) is 2.33. The summed E-state index contributed by atoms with van der Waals surface area (Å²) in [6.07, 6.45) is 4.05. The predicted molar refractivity (Wildman–Crippen MR) is 72.3 cm³/mol. The van der Waals surface area contributed by atoms with E-state index in [9.17, 15) is 0 Å². The quantitative estimate of drug-likeness (QED) is 0.455. The molecule has 1 aromatic carbocycles. The lowest BCUT2D eigenvalue weighted by Crippen LogP contribution is -2.52. The maximum absolute atomic E-state index is 5.44. The molecule has 4 nitrogen and oxygen atoms in total. The second kappa shape index (κ2) is 7.76. The van der Waals surface area contributed by atoms with Crippen LogP contribution in [0, 0.1) is 0 Å². The normalized spacial score (nSPS) is 10.6. The molecule has 0 saturated carbocycles. The van der Waals surface area contributed by atoms with Crippen molar-refractivity contribution in [1.29, 1.82) is 0 Å². The zero-order valence-electron chi connectivity index (χ0n) is 9.76. The Bertz CT molecular complexity index is 376. The summed E-state index contributed by atoms with van der Waals surface area (Å²) in [6.45, 7) is 1.42. The van der Waals surface area contributed by atoms with Gasteiger partial charge in [0.1, 0.15) is 18.9 Å². The van der Waals surface area contributed by atoms with E-state index in [4.69, 9.17) is 15.9 Å². The molecule has 17 heavy (non-hydrogen) atoms. The summed E-state index contributed by atoms with van der Waals surface area (Å²) < 4.78 is 5.44. The number of hydrogen-bond acceptors (Lipinski definition) is 2. The Morgan fingerprint density at radius 2 is 2.12 bits per heavy atom. The van der Waals surface area contributed by atoms with Crippen LogP contribution in [-0.4, -0.2) is 24.1 Å². The number of benzene rings is 1. The second-order valence-electron chi connectivity index (χ2n) is 3.39. The molecule has 0 bridgehead atoms. The van der Waals surface area contributed by atoms with Gasteiger partial charge in [-0.3, -0.25) is 11.1 Å². The molecule has 0 fully saturated rings. The first-order valence-corrected chi connectivity index (χ1v) is 6.40. The van der Waals surface area contributed by atoms with Gasteiger partial charge in [0.15, 0.2) is 0 Å². The van der Waals surface area contributed by atoms with E-state index in [2.05, 4.69) is 5.73 Å². The lowest BCUT2D eigenvalue weighted by Gasteiger charge is -2.02. The van der Waals surface area contributed by atoms with E-state index in [-0.39, 0.29) is 0 Å². The van der Waals surface area contributed by atoms with Gasteiger partial charge in [-0.1, -0.05) is 24.3 Å². The molecule has 0 aliphatic heterocycles. The first-order valence-electron chi connectivity index (χ1n) is 5.41. The van der Waals surface area contributed by atoms with Crippen molar-refractivity contribution in [2.75, 3.05) is 18.9 Å². The van der Waals surface area contributed by atoms with Gasteiger partial charge in [0.05, 0.1) is 0 Å². The third-order valence-electron chi connectivity index (χ3n) is 1.95. The minimum Gasteiger partial charge on any atom is -0.488 e. The topological polar surface area (TPSA) is 88.5 Å². The molecule has 92 valence electrons. The number of nitrogens with two attached hydrogens (primary N) is 2. The van der Waals surface area contributed by atoms with E-state index in [1.54, 1.807) is 0 Å². The van der Waals surface area contributed by atoms with Crippen molar-refractivity contribution in [2.45, 2.75) is 0 Å². The molecule has 0 aliphatic carbocycles. The summed E-state index contributed by atoms with van der Waals surface area (Å²) in [5, 5.41) is 5.74. The highest BCUT2D eigenvalue weighted by Gasteiger charge is 1.94. The van der Waals surface area contributed by atoms with Crippen LogP contribution < -0.4 is 21.6 Å². The number of ether oxygens (including phenoxy) is 1. The van der Waals surface area contributed by atoms with Gasteiger partial charge in [-0.05, 0) is 29.5 Å². The summed E-state index contributed by atoms with van der Waals surface area (Å²) in [4.78, 5) is 0. The lowest BCUT2D eigenvalue weighted by atomic mass is 10.2. The summed E-state index contributed by atoms with van der Waals surface area (Å²) in [5.41, 5.74) is 10.2. The molecule has 0 unspecified atom stereocenters. The van der Waals surface area contributed by atoms with Gasteiger partial charge in [-0.25, -0.2) is 0 Å². The third kappa shape index (κ3) is 5.99. The Labute approximate surface area is 106 Å². The van der Waals surface area contributed by atoms with Crippen molar-refractivity contribution in [2.24, 2.45) is 5.73 Å². The van der Waals surface area contributed by atoms with Gasteiger partial charge in [0, 0.05) is 5.75 Å². The van der Waals surface area contributed by atoms with Crippen LogP contribution >= 0.6 is 11.8 Å². The minimum atomic E-state index is 0.395. The van der Waals surface area contributed by atoms with Crippen molar-refractivity contribution in [3.05, 3.63) is 35.9 Å². The Hall–Kier alpha value is -1.46. The summed E-state index contributed by atoms with van der Waals surface area (Å²) in [7, 11) is 0. The highest BCUT2D eigenvalue weighted by atomic mass is 32.2. The number of amidine groups is 1. The molecule has 0 spiro atoms. The van der Waals surface area contributed by atoms with Crippen LogP contribution in [0.15, 0.2) is 30.3 Å². The molecule has 0 amide bonds. The Kier molecular flexibility index (Phi) is 6.21. The van der Waals surface area contributed by atoms with Crippen molar-refractivity contribution < 1.29 is 15.9 Å². The van der Waals surface area contributed by atoms with Gasteiger partial charge in [0.25, 0.3) is 5.17 Å². The Morgan fingerprint density at radius 1 is 1.41 bits per heavy atom. The fourth-order valence-electron chi connectivity index (χ4n) is 1.19. The SMILES string of the molecule is NC(=[NH2+])SC/C=C/c1ccc(OCC[NH3+])cc1. The Balaban J connectivity index is 2.42. The lowest BCUT2D eigenvalue weighted by molar-refractivity contribution is -0.370. The zero-order valence-corrected chi connectivity index (χ0v) is 10.6. The highest BCUT2D eigenvalue weighted by Crippen LogP contribution is 2.13. The summed E-state index contributed by atoms with van der Waals surface area (Å²) in [5.74, 6) is 1.65. The van der Waals surface area contributed by atoms with Crippen molar-refractivity contribution in [3.63, 3.8) is 0 Å². The molecular weight excluding hydrogens is 234 g/mol. The maximum atomic E-state index is 5.44. The molecule has 0 radical (unpaired) electrons. The average molecular weight is 253 g/mol. The molecule has 1 aromatic rings. The van der Waals surface area contributed by atoms with Crippen molar-refractivity contribution in [1.82, 2.24) is 0 Å². The molecule has 0 aliphatic rings. The van der Waals surface area contributed by atoms with E-state index >= 15 is 0 Å². The molecular formula is C12H19N3OS+2. The van der Waals surface area contributed by atoms with E-state index in [0.29, 0.717) is 11.8 Å². The van der Waals surface area contributed by atoms with Crippen LogP contribution in [0.5, 0.6) is 5.75 Å². The fraction of sp³-hybridized carbons (Fsp3) is 0.250. The number of quaternary nitrogens is 1. The van der Waals surface area contributed by atoms with E-state index in [0.717, 1.165) is 23.6 Å². The number of hydrogen-bond donors (Lipinski definition) is 3. The van der Waals surface area contributed by atoms with Crippen LogP contribution in [0.3, 0.4) is 0 Å². The largest absolute Gasteiger partial charge is 0.488 e. The number of rotatable bonds is 6. The molecule has 1 rings (SSSR count). The van der Waals surface area contributed by atoms with E-state index in [1.165, 1.54) is 11.8 Å². The first kappa shape index (κ1) is 13.6. The smallest absolute Gasteiger partial charge is 0.300 e. The minimum absolute atomic E-state index is 0.395. The summed E-state index contributed by atoms with van der Waals surface area (Å²) >= 11 is 1.42. The van der Waals surface area contributed by atoms with E-state index in [1.807, 2.05) is 36.4 Å². The molecule has 5 heteroatoms. The fourth-order valence-corrected chi connectivity index (χ4v) is 1.58. The molecule has 0 saturated heterocycles. The standard InChI is InChI=1S/C12H17N3OS/c13-7-8-16-11-5-3-10(4-6-11)2-1-9-17-12(14)15/h1-6H,7-9,13H2,(H3,14,15)/p+2/b2-1+. The number of thioether (sulfide) groups is 1. The van der Waals surface area contributed by atoms with Crippen LogP contribution in [0.2, 0.25) is 0 Å². The van der Waals surface area contributed by atoms with Gasteiger partial charge < -0.3 is 10.5 Å². The van der Waals surface area contributed by atoms with Crippen LogP contribution in [-0.2, 0) is 0 Å². The monoisotopic (exact) mass is 253 g/mol. The van der Waals surface area contributed by atoms with Crippen molar-refractivity contribution in [3.8, 4) is 5.75 Å².